The van der Waals surface area contributed by atoms with Gasteiger partial charge in [-0.1, -0.05) is 26.0 Å². The van der Waals surface area contributed by atoms with E-state index in [4.69, 9.17) is 5.73 Å². The Hall–Kier alpha value is -4.70. The summed E-state index contributed by atoms with van der Waals surface area (Å²) >= 11 is 0. The van der Waals surface area contributed by atoms with Gasteiger partial charge in [-0.3, -0.25) is 4.79 Å². The maximum absolute atomic E-state index is 12.9. The van der Waals surface area contributed by atoms with E-state index in [1.807, 2.05) is 5.32 Å². The third-order valence-corrected chi connectivity index (χ3v) is 8.57. The number of H-pyrrole nitrogens is 1. The van der Waals surface area contributed by atoms with Crippen molar-refractivity contribution in [1.82, 2.24) is 34.2 Å². The highest BCUT2D eigenvalue weighted by Crippen LogP contribution is 2.33. The molecule has 0 saturated heterocycles. The number of benzene rings is 2. The van der Waals surface area contributed by atoms with Crippen molar-refractivity contribution < 1.29 is 26.4 Å². The largest absolute Gasteiger partial charge is 0.405 e. The van der Waals surface area contributed by atoms with Crippen LogP contribution >= 0.6 is 0 Å². The second-order valence-corrected chi connectivity index (χ2v) is 11.1. The molecule has 0 bridgehead atoms. The predicted octanol–water partition coefficient (Wildman–Crippen LogP) is 3.92. The van der Waals surface area contributed by atoms with Crippen LogP contribution in [0.4, 0.5) is 30.6 Å². The summed E-state index contributed by atoms with van der Waals surface area (Å²) in [5.41, 5.74) is 8.67. The molecule has 42 heavy (non-hydrogen) atoms. The Morgan fingerprint density at radius 1 is 1.12 bits per heavy atom. The van der Waals surface area contributed by atoms with Gasteiger partial charge in [-0.2, -0.15) is 22.6 Å². The molecule has 0 spiro atoms. The zero-order valence-electron chi connectivity index (χ0n) is 22.4. The number of anilines is 3. The number of fused-ring (bicyclic) bond motifs is 2. The second-order valence-electron chi connectivity index (χ2n) is 9.21. The average molecular weight is 602 g/mol. The number of aromatic nitrogens is 5. The van der Waals surface area contributed by atoms with Gasteiger partial charge in [0.15, 0.2) is 5.82 Å². The highest BCUT2D eigenvalue weighted by atomic mass is 32.2. The smallest absolute Gasteiger partial charge is 0.382 e. The van der Waals surface area contributed by atoms with Crippen molar-refractivity contribution in [3.8, 4) is 11.1 Å². The normalized spacial score (nSPS) is 12.3. The Bertz CT molecular complexity index is 1880. The summed E-state index contributed by atoms with van der Waals surface area (Å²) in [7, 11) is -3.65. The summed E-state index contributed by atoms with van der Waals surface area (Å²) in [6.45, 7) is 2.74. The number of rotatable bonds is 9. The van der Waals surface area contributed by atoms with Gasteiger partial charge in [-0.15, -0.1) is 0 Å². The molecular formula is C26H26F3N9O3S. The van der Waals surface area contributed by atoms with Crippen molar-refractivity contribution >= 4 is 49.9 Å². The maximum Gasteiger partial charge on any atom is 0.405 e. The third kappa shape index (κ3) is 5.58. The second kappa shape index (κ2) is 10.9. The first kappa shape index (κ1) is 28.8. The van der Waals surface area contributed by atoms with Gasteiger partial charge in [0.05, 0.1) is 21.5 Å². The molecule has 2 aromatic carbocycles. The fraction of sp³-hybridized carbons (Fsp3) is 0.231. The van der Waals surface area contributed by atoms with Gasteiger partial charge in [-0.25, -0.2) is 22.9 Å². The van der Waals surface area contributed by atoms with Crippen LogP contribution in [0.1, 0.15) is 24.2 Å². The van der Waals surface area contributed by atoms with Crippen LogP contribution < -0.4 is 16.4 Å². The van der Waals surface area contributed by atoms with Crippen molar-refractivity contribution in [2.75, 3.05) is 30.7 Å². The van der Waals surface area contributed by atoms with Crippen molar-refractivity contribution in [2.45, 2.75) is 24.9 Å². The van der Waals surface area contributed by atoms with Crippen molar-refractivity contribution in [3.05, 3.63) is 60.6 Å². The first-order valence-corrected chi connectivity index (χ1v) is 14.2. The van der Waals surface area contributed by atoms with Crippen LogP contribution in [0, 0.1) is 0 Å². The lowest BCUT2D eigenvalue weighted by molar-refractivity contribution is -0.123. The number of alkyl halides is 3. The summed E-state index contributed by atoms with van der Waals surface area (Å²) in [5.74, 6) is -0.546. The molecule has 0 unspecified atom stereocenters. The van der Waals surface area contributed by atoms with Crippen molar-refractivity contribution in [3.63, 3.8) is 0 Å². The van der Waals surface area contributed by atoms with Gasteiger partial charge in [-0.05, 0) is 35.9 Å². The monoisotopic (exact) mass is 601 g/mol. The lowest BCUT2D eigenvalue weighted by atomic mass is 10.0. The van der Waals surface area contributed by atoms with Crippen LogP contribution in [-0.2, 0) is 10.0 Å². The van der Waals surface area contributed by atoms with Gasteiger partial charge >= 0.3 is 6.18 Å². The van der Waals surface area contributed by atoms with E-state index >= 15 is 0 Å². The molecule has 3 heterocycles. The van der Waals surface area contributed by atoms with Gasteiger partial charge in [0.1, 0.15) is 18.4 Å². The number of carbonyl (C=O) groups excluding carboxylic acids is 1. The minimum absolute atomic E-state index is 0.0433. The molecular weight excluding hydrogens is 575 g/mol. The molecule has 0 aliphatic rings. The lowest BCUT2D eigenvalue weighted by Gasteiger charge is -2.18. The number of halogens is 3. The summed E-state index contributed by atoms with van der Waals surface area (Å²) in [6, 6.07) is 11.3. The highest BCUT2D eigenvalue weighted by molar-refractivity contribution is 7.89. The lowest BCUT2D eigenvalue weighted by Crippen LogP contribution is -2.33. The minimum atomic E-state index is -4.58. The molecule has 3 aromatic heterocycles. The van der Waals surface area contributed by atoms with E-state index in [1.165, 1.54) is 33.5 Å². The van der Waals surface area contributed by atoms with Crippen LogP contribution in [-0.4, -0.2) is 69.0 Å². The molecule has 0 aliphatic carbocycles. The van der Waals surface area contributed by atoms with E-state index < -0.39 is 28.7 Å². The maximum atomic E-state index is 12.9. The fourth-order valence-electron chi connectivity index (χ4n) is 4.55. The summed E-state index contributed by atoms with van der Waals surface area (Å²) < 4.78 is 66.7. The number of carbonyl (C=O) groups is 1. The molecule has 0 fully saturated rings. The molecule has 0 radical (unpaired) electrons. The number of nitrogens with one attached hydrogen (secondary N) is 3. The number of hydrogen-bond donors (Lipinski definition) is 4. The molecule has 1 amide bonds. The molecule has 5 N–H and O–H groups in total. The fourth-order valence-corrected chi connectivity index (χ4v) is 6.04. The van der Waals surface area contributed by atoms with Gasteiger partial charge in [0, 0.05) is 30.5 Å². The van der Waals surface area contributed by atoms with E-state index in [2.05, 4.69) is 25.4 Å². The quantitative estimate of drug-likeness (QED) is 0.198. The Morgan fingerprint density at radius 3 is 2.50 bits per heavy atom. The molecule has 5 rings (SSSR count). The highest BCUT2D eigenvalue weighted by Gasteiger charge is 2.29. The SMILES string of the molecule is CCN(CC)S(=O)(=O)c1ccc2nc(Nc3ccc(-c4c(C(=O)NCC(F)(F)F)cn5ncnc(N)c45)cc3)[nH]c2c1. The zero-order valence-corrected chi connectivity index (χ0v) is 23.2. The first-order valence-electron chi connectivity index (χ1n) is 12.8. The predicted molar refractivity (Wildman–Crippen MR) is 151 cm³/mol. The minimum Gasteiger partial charge on any atom is -0.382 e. The zero-order chi connectivity index (χ0) is 30.2. The Morgan fingerprint density at radius 2 is 1.83 bits per heavy atom. The number of nitrogens with two attached hydrogens (primary N) is 1. The Balaban J connectivity index is 1.43. The molecule has 220 valence electrons. The molecule has 0 atom stereocenters. The standard InChI is InChI=1S/C26H26F3N9O3S/c1-3-37(4-2)42(40,41)17-9-10-19-20(11-17)36-25(35-19)34-16-7-5-15(6-8-16)21-18(24(39)31-13-26(27,28)29)12-38-22(21)23(30)32-14-33-38/h5-12,14H,3-4,13H2,1-2H3,(H,31,39)(H2,30,32,33)(H2,34,35,36). The van der Waals surface area contributed by atoms with Crippen molar-refractivity contribution in [2.24, 2.45) is 0 Å². The molecule has 0 saturated carbocycles. The van der Waals surface area contributed by atoms with E-state index in [1.54, 1.807) is 44.2 Å². The molecule has 0 aliphatic heterocycles. The Labute approximate surface area is 237 Å². The number of imidazole rings is 1. The number of nitrogens with zero attached hydrogens (tertiary/aromatic N) is 5. The number of amides is 1. The molecule has 16 heteroatoms. The third-order valence-electron chi connectivity index (χ3n) is 6.53. The van der Waals surface area contributed by atoms with Crippen LogP contribution in [0.2, 0.25) is 0 Å². The van der Waals surface area contributed by atoms with Gasteiger partial charge in [0.2, 0.25) is 16.0 Å². The summed E-state index contributed by atoms with van der Waals surface area (Å²) in [6.07, 6.45) is -2.12. The first-order chi connectivity index (χ1) is 19.9. The summed E-state index contributed by atoms with van der Waals surface area (Å²) in [4.78, 5) is 24.4. The number of nitrogen functional groups attached to an aromatic ring is 1. The van der Waals surface area contributed by atoms with Gasteiger partial charge in [0.25, 0.3) is 5.91 Å². The van der Waals surface area contributed by atoms with Crippen LogP contribution in [0.3, 0.4) is 0 Å². The van der Waals surface area contributed by atoms with Crippen molar-refractivity contribution in [1.29, 1.82) is 0 Å². The van der Waals surface area contributed by atoms with Crippen LogP contribution in [0.5, 0.6) is 0 Å². The molecule has 5 aromatic rings. The average Bonchev–Trinajstić information content (AvgIpc) is 3.54. The number of sulfonamides is 1. The number of hydrogen-bond acceptors (Lipinski definition) is 8. The number of aromatic amines is 1. The van der Waals surface area contributed by atoms with E-state index in [0.717, 1.165) is 0 Å². The molecule has 12 nitrogen and oxygen atoms in total. The Kier molecular flexibility index (Phi) is 7.51. The van der Waals surface area contributed by atoms with Crippen LogP contribution in [0.25, 0.3) is 27.7 Å². The van der Waals surface area contributed by atoms with E-state index in [0.29, 0.717) is 41.3 Å². The van der Waals surface area contributed by atoms with Gasteiger partial charge < -0.3 is 21.4 Å². The van der Waals surface area contributed by atoms with E-state index in [9.17, 15) is 26.4 Å². The van der Waals surface area contributed by atoms with Crippen LogP contribution in [0.15, 0.2) is 59.9 Å². The summed E-state index contributed by atoms with van der Waals surface area (Å²) in [5, 5.41) is 9.02. The topological polar surface area (TPSA) is 163 Å². The van der Waals surface area contributed by atoms with E-state index in [-0.39, 0.29) is 27.4 Å².